The zero-order valence-corrected chi connectivity index (χ0v) is 12.1. The van der Waals surface area contributed by atoms with E-state index in [0.29, 0.717) is 6.54 Å². The van der Waals surface area contributed by atoms with Crippen molar-refractivity contribution in [1.82, 2.24) is 4.90 Å². The molecule has 1 N–H and O–H groups in total. The van der Waals surface area contributed by atoms with E-state index in [9.17, 15) is 9.59 Å². The molecule has 0 saturated heterocycles. The van der Waals surface area contributed by atoms with Crippen LogP contribution < -0.4 is 0 Å². The molecule has 0 fully saturated rings. The molecule has 1 aliphatic carbocycles. The second-order valence-electron chi connectivity index (χ2n) is 5.37. The molecule has 0 aliphatic heterocycles. The van der Waals surface area contributed by atoms with Gasteiger partial charge in [0, 0.05) is 19.0 Å². The Hall–Kier alpha value is -2.10. The fraction of sp³-hybridized carbons (Fsp3) is 0.412. The second kappa shape index (κ2) is 7.62. The number of carbonyl (C=O) groups is 2. The summed E-state index contributed by atoms with van der Waals surface area (Å²) in [7, 11) is 0. The minimum atomic E-state index is -0.871. The first-order valence-electron chi connectivity index (χ1n) is 7.36. The largest absolute Gasteiger partial charge is 0.481 e. The van der Waals surface area contributed by atoms with E-state index in [4.69, 9.17) is 5.11 Å². The zero-order chi connectivity index (χ0) is 15.1. The third kappa shape index (κ3) is 4.74. The minimum Gasteiger partial charge on any atom is -0.481 e. The van der Waals surface area contributed by atoms with Gasteiger partial charge in [0.2, 0.25) is 5.91 Å². The van der Waals surface area contributed by atoms with Gasteiger partial charge in [-0.2, -0.15) is 0 Å². The summed E-state index contributed by atoms with van der Waals surface area (Å²) < 4.78 is 0. The Kier molecular flexibility index (Phi) is 5.55. The quantitative estimate of drug-likeness (QED) is 0.818. The van der Waals surface area contributed by atoms with Gasteiger partial charge >= 0.3 is 5.97 Å². The summed E-state index contributed by atoms with van der Waals surface area (Å²) in [6, 6.07) is 9.71. The van der Waals surface area contributed by atoms with Gasteiger partial charge in [-0.3, -0.25) is 9.59 Å². The molecule has 0 saturated carbocycles. The summed E-state index contributed by atoms with van der Waals surface area (Å²) in [6.45, 7) is 0.746. The first-order valence-corrected chi connectivity index (χ1v) is 7.36. The van der Waals surface area contributed by atoms with E-state index >= 15 is 0 Å². The van der Waals surface area contributed by atoms with E-state index in [0.717, 1.165) is 24.8 Å². The number of carboxylic acids is 1. The van der Waals surface area contributed by atoms with Crippen molar-refractivity contribution in [1.29, 1.82) is 0 Å². The van der Waals surface area contributed by atoms with Crippen LogP contribution in [0.3, 0.4) is 0 Å². The highest BCUT2D eigenvalue weighted by atomic mass is 16.4. The monoisotopic (exact) mass is 287 g/mol. The fourth-order valence-electron chi connectivity index (χ4n) is 2.58. The summed E-state index contributed by atoms with van der Waals surface area (Å²) in [5.74, 6) is -0.804. The van der Waals surface area contributed by atoms with Crippen molar-refractivity contribution < 1.29 is 14.7 Å². The molecule has 0 aromatic heterocycles. The molecule has 112 valence electrons. The molecule has 1 aliphatic rings. The van der Waals surface area contributed by atoms with Gasteiger partial charge in [-0.1, -0.05) is 42.5 Å². The molecule has 1 amide bonds. The SMILES string of the molecule is O=C(O)CCN(Cc1ccccc1)C(=O)[C@H]1CC=CCC1. The van der Waals surface area contributed by atoms with Crippen molar-refractivity contribution in [3.05, 3.63) is 48.0 Å². The standard InChI is InChI=1S/C17H21NO3/c19-16(20)11-12-18(13-14-7-3-1-4-8-14)17(21)15-9-5-2-6-10-15/h1-5,7-8,15H,6,9-13H2,(H,19,20)/t15-/m0/s1. The van der Waals surface area contributed by atoms with Crippen LogP contribution in [0.4, 0.5) is 0 Å². The predicted octanol–water partition coefficient (Wildman–Crippen LogP) is 2.85. The maximum Gasteiger partial charge on any atom is 0.305 e. The number of hydrogen-bond donors (Lipinski definition) is 1. The maximum absolute atomic E-state index is 12.6. The second-order valence-corrected chi connectivity index (χ2v) is 5.37. The van der Waals surface area contributed by atoms with Crippen molar-refractivity contribution in [3.8, 4) is 0 Å². The lowest BCUT2D eigenvalue weighted by atomic mass is 9.93. The Morgan fingerprint density at radius 2 is 1.95 bits per heavy atom. The van der Waals surface area contributed by atoms with Crippen molar-refractivity contribution >= 4 is 11.9 Å². The predicted molar refractivity (Wildman–Crippen MR) is 80.6 cm³/mol. The number of aliphatic carboxylic acids is 1. The smallest absolute Gasteiger partial charge is 0.305 e. The topological polar surface area (TPSA) is 57.6 Å². The summed E-state index contributed by atoms with van der Waals surface area (Å²) in [4.78, 5) is 25.1. The lowest BCUT2D eigenvalue weighted by Gasteiger charge is -2.27. The van der Waals surface area contributed by atoms with E-state index in [-0.39, 0.29) is 24.8 Å². The van der Waals surface area contributed by atoms with Gasteiger partial charge in [-0.15, -0.1) is 0 Å². The number of carboxylic acid groups (broad SMARTS) is 1. The van der Waals surface area contributed by atoms with Crippen LogP contribution in [0.2, 0.25) is 0 Å². The maximum atomic E-state index is 12.6. The van der Waals surface area contributed by atoms with E-state index < -0.39 is 5.97 Å². The average molecular weight is 287 g/mol. The fourth-order valence-corrected chi connectivity index (χ4v) is 2.58. The highest BCUT2D eigenvalue weighted by Crippen LogP contribution is 2.21. The molecule has 1 aromatic carbocycles. The van der Waals surface area contributed by atoms with Crippen LogP contribution >= 0.6 is 0 Å². The van der Waals surface area contributed by atoms with E-state index in [1.807, 2.05) is 36.4 Å². The van der Waals surface area contributed by atoms with Crippen LogP contribution in [0.1, 0.15) is 31.2 Å². The van der Waals surface area contributed by atoms with Crippen LogP contribution in [0.5, 0.6) is 0 Å². The molecule has 0 bridgehead atoms. The van der Waals surface area contributed by atoms with Crippen LogP contribution in [0, 0.1) is 5.92 Å². The molecule has 21 heavy (non-hydrogen) atoms. The number of amides is 1. The first kappa shape index (κ1) is 15.3. The van der Waals surface area contributed by atoms with Crippen molar-refractivity contribution in [2.75, 3.05) is 6.54 Å². The number of hydrogen-bond acceptors (Lipinski definition) is 2. The molecule has 0 heterocycles. The molecule has 0 spiro atoms. The Bertz CT molecular complexity index is 510. The van der Waals surface area contributed by atoms with Crippen LogP contribution in [-0.4, -0.2) is 28.4 Å². The van der Waals surface area contributed by atoms with Gasteiger partial charge in [0.25, 0.3) is 0 Å². The van der Waals surface area contributed by atoms with Gasteiger partial charge in [0.15, 0.2) is 0 Å². The van der Waals surface area contributed by atoms with Crippen molar-refractivity contribution in [2.24, 2.45) is 5.92 Å². The normalized spacial score (nSPS) is 17.4. The molecule has 1 atom stereocenters. The molecular weight excluding hydrogens is 266 g/mol. The lowest BCUT2D eigenvalue weighted by Crippen LogP contribution is -2.37. The minimum absolute atomic E-state index is 0.00694. The van der Waals surface area contributed by atoms with Gasteiger partial charge in [-0.05, 0) is 24.8 Å². The Morgan fingerprint density at radius 3 is 2.57 bits per heavy atom. The van der Waals surface area contributed by atoms with E-state index in [1.54, 1.807) is 4.90 Å². The van der Waals surface area contributed by atoms with Crippen LogP contribution in [-0.2, 0) is 16.1 Å². The number of nitrogens with zero attached hydrogens (tertiary/aromatic N) is 1. The highest BCUT2D eigenvalue weighted by molar-refractivity contribution is 5.79. The third-order valence-corrected chi connectivity index (χ3v) is 3.74. The molecule has 0 radical (unpaired) electrons. The third-order valence-electron chi connectivity index (χ3n) is 3.74. The summed E-state index contributed by atoms with van der Waals surface area (Å²) in [5, 5.41) is 8.87. The van der Waals surface area contributed by atoms with Gasteiger partial charge in [0.1, 0.15) is 0 Å². The van der Waals surface area contributed by atoms with Gasteiger partial charge in [0.05, 0.1) is 6.42 Å². The summed E-state index contributed by atoms with van der Waals surface area (Å²) in [5.41, 5.74) is 1.03. The molecule has 0 unspecified atom stereocenters. The first-order chi connectivity index (χ1) is 10.2. The van der Waals surface area contributed by atoms with E-state index in [2.05, 4.69) is 6.08 Å². The van der Waals surface area contributed by atoms with E-state index in [1.165, 1.54) is 0 Å². The summed E-state index contributed by atoms with van der Waals surface area (Å²) in [6.07, 6.45) is 6.67. The van der Waals surface area contributed by atoms with Crippen LogP contribution in [0.15, 0.2) is 42.5 Å². The number of benzene rings is 1. The summed E-state index contributed by atoms with van der Waals surface area (Å²) >= 11 is 0. The van der Waals surface area contributed by atoms with Gasteiger partial charge < -0.3 is 10.0 Å². The van der Waals surface area contributed by atoms with Crippen LogP contribution in [0.25, 0.3) is 0 Å². The van der Waals surface area contributed by atoms with Crippen molar-refractivity contribution in [3.63, 3.8) is 0 Å². The lowest BCUT2D eigenvalue weighted by molar-refractivity contribution is -0.140. The van der Waals surface area contributed by atoms with Crippen molar-refractivity contribution in [2.45, 2.75) is 32.2 Å². The molecular formula is C17H21NO3. The molecule has 4 nitrogen and oxygen atoms in total. The molecule has 2 rings (SSSR count). The Balaban J connectivity index is 2.05. The Morgan fingerprint density at radius 1 is 1.19 bits per heavy atom. The zero-order valence-electron chi connectivity index (χ0n) is 12.1. The number of rotatable bonds is 6. The average Bonchev–Trinajstić information content (AvgIpc) is 2.52. The molecule has 1 aromatic rings. The number of carbonyl (C=O) groups excluding carboxylic acids is 1. The molecule has 4 heteroatoms. The Labute approximate surface area is 125 Å². The highest BCUT2D eigenvalue weighted by Gasteiger charge is 2.24. The number of allylic oxidation sites excluding steroid dienone is 2. The van der Waals surface area contributed by atoms with Gasteiger partial charge in [-0.25, -0.2) is 0 Å².